The molecule has 4 N–H and O–H groups in total. The molecule has 0 bridgehead atoms. The molecule has 9 rings (SSSR count). The maximum Gasteiger partial charge on any atom is 0.343 e. The fraction of sp³-hybridized carbons (Fsp3) is 0.0357. The number of benzene rings is 9. The maximum atomic E-state index is 13.8. The van der Waals surface area contributed by atoms with Crippen molar-refractivity contribution in [3.8, 4) is 23.0 Å². The van der Waals surface area contributed by atoms with Gasteiger partial charge in [-0.25, -0.2) is 9.59 Å². The van der Waals surface area contributed by atoms with Crippen molar-refractivity contribution in [1.29, 1.82) is 0 Å². The molecule has 14 nitrogen and oxygen atoms in total. The first-order chi connectivity index (χ1) is 35.6. The van der Waals surface area contributed by atoms with E-state index in [0.29, 0.717) is 65.5 Å². The van der Waals surface area contributed by atoms with Crippen molar-refractivity contribution in [2.24, 2.45) is 20.5 Å². The summed E-state index contributed by atoms with van der Waals surface area (Å²) in [6.07, 6.45) is 0. The van der Waals surface area contributed by atoms with Gasteiger partial charge < -0.3 is 30.3 Å². The van der Waals surface area contributed by atoms with Crippen molar-refractivity contribution < 1.29 is 38.9 Å². The highest BCUT2D eigenvalue weighted by Gasteiger charge is 2.22. The monoisotopic (exact) mass is 1060 g/mol. The van der Waals surface area contributed by atoms with Crippen LogP contribution in [0.15, 0.2) is 178 Å². The van der Waals surface area contributed by atoms with Crippen LogP contribution in [0.1, 0.15) is 52.6 Å². The van der Waals surface area contributed by atoms with E-state index in [2.05, 4.69) is 31.1 Å². The highest BCUT2D eigenvalue weighted by Crippen LogP contribution is 2.42. The van der Waals surface area contributed by atoms with Crippen molar-refractivity contribution >= 4 is 126 Å². The smallest absolute Gasteiger partial charge is 0.343 e. The third kappa shape index (κ3) is 10.7. The summed E-state index contributed by atoms with van der Waals surface area (Å²) in [5.74, 6) is -3.17. The summed E-state index contributed by atoms with van der Waals surface area (Å²) in [5.41, 5.74) is 2.38. The van der Waals surface area contributed by atoms with E-state index in [1.54, 1.807) is 123 Å². The number of nitrogens with zero attached hydrogens (tertiary/aromatic N) is 4. The van der Waals surface area contributed by atoms with E-state index in [0.717, 1.165) is 0 Å². The van der Waals surface area contributed by atoms with Crippen LogP contribution in [0.2, 0.25) is 20.1 Å². The standard InChI is InChI=1S/C56H36Cl4N6O8/c1-29-37(55(71)73-35-21-23-43(57)45(59)27-35)13-7-15-47(29)63-65-49-39-11-5-3-9-31(39)25-41(51(49)67)53(69)61-33-17-19-34(20-18-33)62-54(70)42-26-32-10-4-6-12-40(32)50(52(42)68)66-64-48-16-8-14-38(30(48)2)56(72)74-36-22-24-44(58)46(60)28-36/h3-28,67-68H,1-2H3,(H,61,69)(H,62,70). The lowest BCUT2D eigenvalue weighted by Crippen LogP contribution is -2.13. The van der Waals surface area contributed by atoms with Crippen molar-refractivity contribution in [3.63, 3.8) is 0 Å². The molecule has 0 unspecified atom stereocenters. The molecule has 0 saturated heterocycles. The summed E-state index contributed by atoms with van der Waals surface area (Å²) in [6, 6.07) is 41.8. The number of ether oxygens (including phenoxy) is 2. The van der Waals surface area contributed by atoms with Gasteiger partial charge in [-0.15, -0.1) is 10.2 Å². The molecule has 74 heavy (non-hydrogen) atoms. The van der Waals surface area contributed by atoms with E-state index in [1.165, 1.54) is 48.5 Å². The molecule has 0 aliphatic heterocycles. The van der Waals surface area contributed by atoms with Crippen LogP contribution in [0.4, 0.5) is 34.1 Å². The number of phenols is 2. The molecule has 2 amide bonds. The zero-order valence-electron chi connectivity index (χ0n) is 38.7. The van der Waals surface area contributed by atoms with Gasteiger partial charge in [-0.05, 0) is 121 Å². The van der Waals surface area contributed by atoms with Gasteiger partial charge in [0.05, 0.1) is 53.7 Å². The number of carbonyl (C=O) groups is 4. The number of halogens is 4. The lowest BCUT2D eigenvalue weighted by Gasteiger charge is -2.13. The van der Waals surface area contributed by atoms with Crippen molar-refractivity contribution in [3.05, 3.63) is 211 Å². The van der Waals surface area contributed by atoms with Crippen LogP contribution < -0.4 is 20.1 Å². The minimum Gasteiger partial charge on any atom is -0.505 e. The number of hydrogen-bond acceptors (Lipinski definition) is 12. The van der Waals surface area contributed by atoms with Gasteiger partial charge in [0, 0.05) is 34.3 Å². The van der Waals surface area contributed by atoms with Crippen LogP contribution in [-0.4, -0.2) is 34.0 Å². The minimum atomic E-state index is -0.669. The van der Waals surface area contributed by atoms with Gasteiger partial charge >= 0.3 is 11.9 Å². The Kier molecular flexibility index (Phi) is 14.7. The number of esters is 2. The Hall–Kier alpha value is -8.66. The van der Waals surface area contributed by atoms with Crippen LogP contribution >= 0.6 is 46.4 Å². The predicted molar refractivity (Wildman–Crippen MR) is 287 cm³/mol. The largest absolute Gasteiger partial charge is 0.505 e. The third-order valence-electron chi connectivity index (χ3n) is 11.6. The van der Waals surface area contributed by atoms with E-state index >= 15 is 0 Å². The fourth-order valence-corrected chi connectivity index (χ4v) is 8.31. The number of anilines is 2. The average Bonchev–Trinajstić information content (AvgIpc) is 3.39. The second-order valence-corrected chi connectivity index (χ2v) is 18.0. The molecular formula is C56H36Cl4N6O8. The van der Waals surface area contributed by atoms with Crippen LogP contribution in [0, 0.1) is 13.8 Å². The first-order valence-corrected chi connectivity index (χ1v) is 23.7. The van der Waals surface area contributed by atoms with Gasteiger partial charge in [0.25, 0.3) is 11.8 Å². The zero-order chi connectivity index (χ0) is 52.2. The fourth-order valence-electron chi connectivity index (χ4n) is 7.74. The van der Waals surface area contributed by atoms with Gasteiger partial charge in [-0.2, -0.15) is 10.2 Å². The molecule has 366 valence electrons. The topological polar surface area (TPSA) is 201 Å². The molecular weight excluding hydrogens is 1030 g/mol. The highest BCUT2D eigenvalue weighted by atomic mass is 35.5. The molecule has 9 aromatic rings. The Bertz CT molecular complexity index is 3580. The van der Waals surface area contributed by atoms with Gasteiger partial charge in [-0.1, -0.05) is 107 Å². The number of carbonyl (C=O) groups excluding carboxylic acids is 4. The number of azo groups is 2. The lowest BCUT2D eigenvalue weighted by molar-refractivity contribution is 0.0724. The summed E-state index contributed by atoms with van der Waals surface area (Å²) in [6.45, 7) is 3.34. The zero-order valence-corrected chi connectivity index (χ0v) is 41.7. The molecule has 0 aliphatic carbocycles. The number of amides is 2. The maximum absolute atomic E-state index is 13.8. The highest BCUT2D eigenvalue weighted by molar-refractivity contribution is 6.42. The number of phenolic OH excluding ortho intramolecular Hbond substituents is 2. The number of aromatic hydroxyl groups is 2. The van der Waals surface area contributed by atoms with E-state index in [9.17, 15) is 29.4 Å². The van der Waals surface area contributed by atoms with Crippen LogP contribution in [0.5, 0.6) is 23.0 Å². The molecule has 0 aromatic heterocycles. The second-order valence-electron chi connectivity index (χ2n) is 16.4. The van der Waals surface area contributed by atoms with Gasteiger partial charge in [0.2, 0.25) is 0 Å². The minimum absolute atomic E-state index is 0.0135. The predicted octanol–water partition coefficient (Wildman–Crippen LogP) is 16.4. The van der Waals surface area contributed by atoms with E-state index < -0.39 is 35.3 Å². The molecule has 9 aromatic carbocycles. The quantitative estimate of drug-likeness (QED) is 0.0526. The first-order valence-electron chi connectivity index (χ1n) is 22.2. The van der Waals surface area contributed by atoms with Crippen molar-refractivity contribution in [2.45, 2.75) is 13.8 Å². The van der Waals surface area contributed by atoms with Gasteiger partial charge in [0.15, 0.2) is 11.5 Å². The number of fused-ring (bicyclic) bond motifs is 2. The summed E-state index contributed by atoms with van der Waals surface area (Å²) in [7, 11) is 0. The molecule has 0 spiro atoms. The van der Waals surface area contributed by atoms with Crippen LogP contribution in [0.3, 0.4) is 0 Å². The Balaban J connectivity index is 0.911. The molecule has 0 fully saturated rings. The van der Waals surface area contributed by atoms with Gasteiger partial charge in [-0.3, -0.25) is 9.59 Å². The van der Waals surface area contributed by atoms with Crippen molar-refractivity contribution in [1.82, 2.24) is 0 Å². The van der Waals surface area contributed by atoms with Gasteiger partial charge in [0.1, 0.15) is 22.9 Å². The third-order valence-corrected chi connectivity index (χ3v) is 13.1. The lowest BCUT2D eigenvalue weighted by atomic mass is 10.0. The summed E-state index contributed by atoms with van der Waals surface area (Å²) in [5, 5.41) is 49.5. The second kappa shape index (κ2) is 21.6. The molecule has 0 atom stereocenters. The first kappa shape index (κ1) is 50.3. The molecule has 0 aliphatic rings. The average molecular weight is 1060 g/mol. The Morgan fingerprint density at radius 2 is 0.824 bits per heavy atom. The van der Waals surface area contributed by atoms with E-state index in [4.69, 9.17) is 55.9 Å². The van der Waals surface area contributed by atoms with Crippen molar-refractivity contribution in [2.75, 3.05) is 10.6 Å². The number of hydrogen-bond donors (Lipinski definition) is 4. The Morgan fingerprint density at radius 1 is 0.432 bits per heavy atom. The molecule has 0 heterocycles. The van der Waals surface area contributed by atoms with Crippen LogP contribution in [0.25, 0.3) is 21.5 Å². The molecule has 0 radical (unpaired) electrons. The van der Waals surface area contributed by atoms with E-state index in [1.807, 2.05) is 0 Å². The van der Waals surface area contributed by atoms with Crippen LogP contribution in [-0.2, 0) is 0 Å². The Morgan fingerprint density at radius 3 is 1.22 bits per heavy atom. The summed E-state index contributed by atoms with van der Waals surface area (Å²) >= 11 is 24.2. The summed E-state index contributed by atoms with van der Waals surface area (Å²) in [4.78, 5) is 54.0. The number of rotatable bonds is 12. The normalized spacial score (nSPS) is 11.3. The van der Waals surface area contributed by atoms with E-state index in [-0.39, 0.29) is 55.2 Å². The Labute approximate surface area is 441 Å². The summed E-state index contributed by atoms with van der Waals surface area (Å²) < 4.78 is 11.0. The number of nitrogens with one attached hydrogen (secondary N) is 2. The molecule has 0 saturated carbocycles. The SMILES string of the molecule is Cc1c(N=Nc2c(O)c(C(=O)Nc3ccc(NC(=O)c4cc5ccccc5c(N=Nc5cccc(C(=O)Oc6ccc(Cl)c(Cl)c6)c5C)c4O)cc3)cc3ccccc23)cccc1C(=O)Oc1ccc(Cl)c(Cl)c1. The molecule has 18 heteroatoms.